The van der Waals surface area contributed by atoms with Gasteiger partial charge in [-0.05, 0) is 37.8 Å². The second-order valence-corrected chi connectivity index (χ2v) is 7.94. The number of carboxylic acids is 1. The Labute approximate surface area is 166 Å². The first-order valence-corrected chi connectivity index (χ1v) is 10.1. The molecule has 0 aromatic carbocycles. The summed E-state index contributed by atoms with van der Waals surface area (Å²) in [5.41, 5.74) is 1.02. The van der Waals surface area contributed by atoms with E-state index >= 15 is 0 Å². The molecule has 1 fully saturated rings. The van der Waals surface area contributed by atoms with Crippen molar-refractivity contribution < 1.29 is 29.0 Å². The highest BCUT2D eigenvalue weighted by Crippen LogP contribution is 2.38. The van der Waals surface area contributed by atoms with Crippen LogP contribution >= 0.6 is 11.3 Å². The molecule has 1 aromatic heterocycles. The summed E-state index contributed by atoms with van der Waals surface area (Å²) in [5.74, 6) is -1.57. The topological polar surface area (TPSA) is 114 Å². The first kappa shape index (κ1) is 20.5. The number of thiophene rings is 1. The van der Waals surface area contributed by atoms with Gasteiger partial charge < -0.3 is 25.2 Å². The third-order valence-electron chi connectivity index (χ3n) is 4.63. The SMILES string of the molecule is CC(=O)C=CC(=O)NCC1Cc2c(sc(NC3CCCCO3)c2C(=O)O)CO1. The number of amides is 1. The van der Waals surface area contributed by atoms with E-state index in [2.05, 4.69) is 10.6 Å². The molecule has 0 saturated carbocycles. The third-order valence-corrected chi connectivity index (χ3v) is 5.77. The summed E-state index contributed by atoms with van der Waals surface area (Å²) in [4.78, 5) is 35.4. The number of nitrogens with one attached hydrogen (secondary N) is 2. The van der Waals surface area contributed by atoms with Gasteiger partial charge in [-0.1, -0.05) is 0 Å². The Hall–Kier alpha value is -2.23. The number of hydrogen-bond donors (Lipinski definition) is 3. The second kappa shape index (κ2) is 9.31. The van der Waals surface area contributed by atoms with Gasteiger partial charge >= 0.3 is 5.97 Å². The number of fused-ring (bicyclic) bond motifs is 1. The lowest BCUT2D eigenvalue weighted by molar-refractivity contribution is -0.118. The highest BCUT2D eigenvalue weighted by atomic mass is 32.1. The van der Waals surface area contributed by atoms with Gasteiger partial charge in [-0.25, -0.2) is 4.79 Å². The lowest BCUT2D eigenvalue weighted by atomic mass is 10.0. The molecule has 0 aliphatic carbocycles. The van der Waals surface area contributed by atoms with Gasteiger partial charge in [0.2, 0.25) is 5.91 Å². The molecule has 2 aliphatic heterocycles. The van der Waals surface area contributed by atoms with E-state index in [-0.39, 0.29) is 36.1 Å². The van der Waals surface area contributed by atoms with Crippen LogP contribution in [0, 0.1) is 0 Å². The molecule has 0 spiro atoms. The summed E-state index contributed by atoms with van der Waals surface area (Å²) in [6.45, 7) is 2.58. The molecular formula is C19H24N2O6S. The van der Waals surface area contributed by atoms with Gasteiger partial charge in [0.25, 0.3) is 0 Å². The molecular weight excluding hydrogens is 384 g/mol. The van der Waals surface area contributed by atoms with Crippen molar-refractivity contribution in [1.29, 1.82) is 0 Å². The van der Waals surface area contributed by atoms with Gasteiger partial charge in [0.1, 0.15) is 11.2 Å². The fourth-order valence-corrected chi connectivity index (χ4v) is 4.44. The minimum absolute atomic E-state index is 0.170. The highest BCUT2D eigenvalue weighted by Gasteiger charge is 2.30. The summed E-state index contributed by atoms with van der Waals surface area (Å²) < 4.78 is 11.4. The van der Waals surface area contributed by atoms with Crippen LogP contribution in [-0.2, 0) is 32.1 Å². The number of aromatic carboxylic acids is 1. The van der Waals surface area contributed by atoms with Crippen LogP contribution in [0.25, 0.3) is 0 Å². The quantitative estimate of drug-likeness (QED) is 0.592. The van der Waals surface area contributed by atoms with E-state index in [1.54, 1.807) is 0 Å². The van der Waals surface area contributed by atoms with Gasteiger partial charge in [0, 0.05) is 30.5 Å². The van der Waals surface area contributed by atoms with E-state index in [1.165, 1.54) is 30.4 Å². The third kappa shape index (κ3) is 5.18. The Morgan fingerprint density at radius 3 is 2.75 bits per heavy atom. The summed E-state index contributed by atoms with van der Waals surface area (Å²) >= 11 is 1.39. The van der Waals surface area contributed by atoms with Crippen LogP contribution in [0.2, 0.25) is 0 Å². The van der Waals surface area contributed by atoms with Crippen molar-refractivity contribution in [3.63, 3.8) is 0 Å². The van der Waals surface area contributed by atoms with E-state index in [4.69, 9.17) is 9.47 Å². The monoisotopic (exact) mass is 408 g/mol. The second-order valence-electron chi connectivity index (χ2n) is 6.84. The number of ether oxygens (including phenoxy) is 2. The number of carboxylic acid groups (broad SMARTS) is 1. The molecule has 3 heterocycles. The Morgan fingerprint density at radius 2 is 2.07 bits per heavy atom. The van der Waals surface area contributed by atoms with Crippen molar-refractivity contribution >= 4 is 34.0 Å². The van der Waals surface area contributed by atoms with Gasteiger partial charge in [-0.3, -0.25) is 9.59 Å². The molecule has 1 amide bonds. The average Bonchev–Trinajstić information content (AvgIpc) is 3.02. The zero-order valence-corrected chi connectivity index (χ0v) is 16.5. The van der Waals surface area contributed by atoms with E-state index in [0.29, 0.717) is 24.6 Å². The maximum atomic E-state index is 11.9. The maximum Gasteiger partial charge on any atom is 0.338 e. The Morgan fingerprint density at radius 1 is 1.25 bits per heavy atom. The normalized spacial score (nSPS) is 21.9. The average molecular weight is 408 g/mol. The van der Waals surface area contributed by atoms with Crippen molar-refractivity contribution in [2.45, 2.75) is 51.5 Å². The summed E-state index contributed by atoms with van der Waals surface area (Å²) in [6.07, 6.45) is 5.20. The Bertz CT molecular complexity index is 782. The lowest BCUT2D eigenvalue weighted by Gasteiger charge is -2.24. The van der Waals surface area contributed by atoms with E-state index in [0.717, 1.165) is 29.7 Å². The van der Waals surface area contributed by atoms with Crippen molar-refractivity contribution in [2.75, 3.05) is 18.5 Å². The molecule has 28 heavy (non-hydrogen) atoms. The smallest absolute Gasteiger partial charge is 0.338 e. The van der Waals surface area contributed by atoms with Crippen LogP contribution in [0.4, 0.5) is 5.00 Å². The molecule has 1 saturated heterocycles. The van der Waals surface area contributed by atoms with E-state index in [1.807, 2.05) is 0 Å². The summed E-state index contributed by atoms with van der Waals surface area (Å²) in [6, 6.07) is 0. The van der Waals surface area contributed by atoms with Crippen LogP contribution < -0.4 is 10.6 Å². The van der Waals surface area contributed by atoms with Crippen molar-refractivity contribution in [1.82, 2.24) is 5.32 Å². The van der Waals surface area contributed by atoms with Crippen LogP contribution in [0.3, 0.4) is 0 Å². The first-order chi connectivity index (χ1) is 13.4. The summed E-state index contributed by atoms with van der Waals surface area (Å²) in [5, 5.41) is 16.2. The largest absolute Gasteiger partial charge is 0.478 e. The molecule has 1 aromatic rings. The fourth-order valence-electron chi connectivity index (χ4n) is 3.25. The molecule has 2 aliphatic rings. The highest BCUT2D eigenvalue weighted by molar-refractivity contribution is 7.16. The molecule has 2 unspecified atom stereocenters. The predicted octanol–water partition coefficient (Wildman–Crippen LogP) is 2.09. The fraction of sp³-hybridized carbons (Fsp3) is 0.526. The minimum atomic E-state index is -0.982. The standard InChI is InChI=1S/C19H24N2O6S/c1-11(22)5-6-15(23)20-9-12-8-13-14(10-27-12)28-18(17(13)19(24)25)21-16-4-2-3-7-26-16/h5-6,12,16,21H,2-4,7-10H2,1H3,(H,20,23)(H,24,25). The van der Waals surface area contributed by atoms with Crippen LogP contribution in [0.5, 0.6) is 0 Å². The number of anilines is 1. The first-order valence-electron chi connectivity index (χ1n) is 9.28. The molecule has 2 atom stereocenters. The Kier molecular flexibility index (Phi) is 6.82. The number of carbonyl (C=O) groups is 3. The maximum absolute atomic E-state index is 11.9. The van der Waals surface area contributed by atoms with Crippen LogP contribution in [-0.4, -0.2) is 48.2 Å². The van der Waals surface area contributed by atoms with Crippen LogP contribution in [0.1, 0.15) is 47.0 Å². The number of hydrogen-bond acceptors (Lipinski definition) is 7. The van der Waals surface area contributed by atoms with Crippen molar-refractivity contribution in [2.24, 2.45) is 0 Å². The Balaban J connectivity index is 1.67. The van der Waals surface area contributed by atoms with Gasteiger partial charge in [-0.2, -0.15) is 0 Å². The number of rotatable bonds is 7. The van der Waals surface area contributed by atoms with E-state index in [9.17, 15) is 19.5 Å². The zero-order valence-electron chi connectivity index (χ0n) is 15.7. The molecule has 3 rings (SSSR count). The molecule has 3 N–H and O–H groups in total. The number of carbonyl (C=O) groups excluding carboxylic acids is 2. The number of allylic oxidation sites excluding steroid dienone is 1. The van der Waals surface area contributed by atoms with Crippen LogP contribution in [0.15, 0.2) is 12.2 Å². The van der Waals surface area contributed by atoms with Gasteiger partial charge in [0.05, 0.1) is 18.3 Å². The molecule has 0 bridgehead atoms. The molecule has 152 valence electrons. The van der Waals surface area contributed by atoms with Crippen molar-refractivity contribution in [3.05, 3.63) is 28.2 Å². The molecule has 8 nitrogen and oxygen atoms in total. The predicted molar refractivity (Wildman–Crippen MR) is 104 cm³/mol. The van der Waals surface area contributed by atoms with Gasteiger partial charge in [0.15, 0.2) is 5.78 Å². The van der Waals surface area contributed by atoms with Gasteiger partial charge in [-0.15, -0.1) is 11.3 Å². The summed E-state index contributed by atoms with van der Waals surface area (Å²) in [7, 11) is 0. The lowest BCUT2D eigenvalue weighted by Crippen LogP contribution is -2.36. The van der Waals surface area contributed by atoms with Crippen molar-refractivity contribution in [3.8, 4) is 0 Å². The van der Waals surface area contributed by atoms with E-state index < -0.39 is 5.97 Å². The molecule has 9 heteroatoms. The molecule has 0 radical (unpaired) electrons. The zero-order chi connectivity index (χ0) is 20.1. The number of ketones is 1. The minimum Gasteiger partial charge on any atom is -0.478 e.